The summed E-state index contributed by atoms with van der Waals surface area (Å²) in [5.41, 5.74) is 7.74. The highest BCUT2D eigenvalue weighted by Gasteiger charge is 1.96. The van der Waals surface area contributed by atoms with Crippen LogP contribution in [0.5, 0.6) is 0 Å². The maximum absolute atomic E-state index is 11.5. The first-order valence-electron chi connectivity index (χ1n) is 5.23. The maximum atomic E-state index is 11.5. The molecule has 82 valence electrons. The highest BCUT2D eigenvalue weighted by atomic mass is 16.1. The van der Waals surface area contributed by atoms with Crippen molar-refractivity contribution < 1.29 is 0 Å². The lowest BCUT2D eigenvalue weighted by Gasteiger charge is -2.05. The molecule has 2 aromatic rings. The van der Waals surface area contributed by atoms with Crippen molar-refractivity contribution in [2.75, 3.05) is 0 Å². The molecule has 0 unspecified atom stereocenters. The van der Waals surface area contributed by atoms with Crippen molar-refractivity contribution in [2.24, 2.45) is 5.73 Å². The molecule has 0 fully saturated rings. The summed E-state index contributed by atoms with van der Waals surface area (Å²) in [4.78, 5) is 11.5. The van der Waals surface area contributed by atoms with Crippen molar-refractivity contribution >= 4 is 0 Å². The average Bonchev–Trinajstić information content (AvgIpc) is 2.33. The summed E-state index contributed by atoms with van der Waals surface area (Å²) >= 11 is 0. The molecule has 3 heteroatoms. The minimum absolute atomic E-state index is 0.0189. The largest absolute Gasteiger partial charge is 0.326 e. The summed E-state index contributed by atoms with van der Waals surface area (Å²) < 4.78 is 1.68. The van der Waals surface area contributed by atoms with Gasteiger partial charge < -0.3 is 10.3 Å². The molecule has 2 rings (SSSR count). The van der Waals surface area contributed by atoms with Crippen LogP contribution in [0.2, 0.25) is 0 Å². The number of hydrogen-bond donors (Lipinski definition) is 1. The average molecular weight is 214 g/mol. The van der Waals surface area contributed by atoms with Crippen LogP contribution in [0, 0.1) is 0 Å². The summed E-state index contributed by atoms with van der Waals surface area (Å²) in [5.74, 6) is 0. The number of pyridine rings is 1. The molecule has 1 heterocycles. The van der Waals surface area contributed by atoms with E-state index in [1.807, 2.05) is 30.3 Å². The van der Waals surface area contributed by atoms with Crippen LogP contribution in [0.25, 0.3) is 0 Å². The first kappa shape index (κ1) is 10.6. The molecule has 0 aliphatic heterocycles. The Kier molecular flexibility index (Phi) is 3.17. The highest BCUT2D eigenvalue weighted by Crippen LogP contribution is 2.04. The molecule has 0 amide bonds. The zero-order valence-corrected chi connectivity index (χ0v) is 8.97. The molecule has 1 aromatic heterocycles. The van der Waals surface area contributed by atoms with Gasteiger partial charge in [0, 0.05) is 18.8 Å². The van der Waals surface area contributed by atoms with E-state index in [2.05, 4.69) is 0 Å². The summed E-state index contributed by atoms with van der Waals surface area (Å²) in [6, 6.07) is 13.1. The van der Waals surface area contributed by atoms with Gasteiger partial charge in [-0.15, -0.1) is 0 Å². The van der Waals surface area contributed by atoms with E-state index in [9.17, 15) is 4.79 Å². The fourth-order valence-electron chi connectivity index (χ4n) is 1.57. The predicted octanol–water partition coefficient (Wildman–Crippen LogP) is 1.36. The second-order valence-corrected chi connectivity index (χ2v) is 3.69. The third kappa shape index (κ3) is 2.38. The minimum Gasteiger partial charge on any atom is -0.326 e. The van der Waals surface area contributed by atoms with E-state index in [1.54, 1.807) is 22.9 Å². The van der Waals surface area contributed by atoms with Crippen LogP contribution in [0.3, 0.4) is 0 Å². The number of nitrogens with zero attached hydrogens (tertiary/aromatic N) is 1. The lowest BCUT2D eigenvalue weighted by molar-refractivity contribution is 0.759. The zero-order chi connectivity index (χ0) is 11.4. The van der Waals surface area contributed by atoms with Crippen molar-refractivity contribution in [1.82, 2.24) is 4.57 Å². The van der Waals surface area contributed by atoms with Gasteiger partial charge in [-0.3, -0.25) is 4.79 Å². The molecule has 1 aromatic carbocycles. The first-order valence-corrected chi connectivity index (χ1v) is 5.23. The number of nitrogens with two attached hydrogens (primary N) is 1. The number of benzene rings is 1. The van der Waals surface area contributed by atoms with E-state index in [0.717, 1.165) is 11.1 Å². The lowest BCUT2D eigenvalue weighted by Crippen LogP contribution is -2.18. The van der Waals surface area contributed by atoms with Crippen LogP contribution in [0.4, 0.5) is 0 Å². The molecule has 0 saturated heterocycles. The number of rotatable bonds is 3. The van der Waals surface area contributed by atoms with Gasteiger partial charge in [0.15, 0.2) is 0 Å². The van der Waals surface area contributed by atoms with Crippen LogP contribution >= 0.6 is 0 Å². The van der Waals surface area contributed by atoms with Crippen LogP contribution in [-0.4, -0.2) is 4.57 Å². The van der Waals surface area contributed by atoms with Crippen molar-refractivity contribution in [3.8, 4) is 0 Å². The van der Waals surface area contributed by atoms with Gasteiger partial charge in [-0.05, 0) is 17.2 Å². The second-order valence-electron chi connectivity index (χ2n) is 3.69. The quantitative estimate of drug-likeness (QED) is 0.838. The molecule has 0 saturated carbocycles. The van der Waals surface area contributed by atoms with Gasteiger partial charge >= 0.3 is 0 Å². The van der Waals surface area contributed by atoms with Crippen molar-refractivity contribution in [3.05, 3.63) is 70.1 Å². The Hall–Kier alpha value is -1.87. The Morgan fingerprint density at radius 2 is 1.69 bits per heavy atom. The summed E-state index contributed by atoms with van der Waals surface area (Å²) in [6.45, 7) is 1.15. The van der Waals surface area contributed by atoms with E-state index >= 15 is 0 Å². The fraction of sp³-hybridized carbons (Fsp3) is 0.154. The van der Waals surface area contributed by atoms with E-state index in [4.69, 9.17) is 5.73 Å². The molecule has 0 atom stereocenters. The molecule has 16 heavy (non-hydrogen) atoms. The van der Waals surface area contributed by atoms with E-state index in [-0.39, 0.29) is 5.56 Å². The Morgan fingerprint density at radius 3 is 2.31 bits per heavy atom. The van der Waals surface area contributed by atoms with Crippen molar-refractivity contribution in [2.45, 2.75) is 13.1 Å². The molecule has 0 aliphatic rings. The highest BCUT2D eigenvalue weighted by molar-refractivity contribution is 5.22. The van der Waals surface area contributed by atoms with E-state index < -0.39 is 0 Å². The molecule has 0 aliphatic carbocycles. The first-order chi connectivity index (χ1) is 7.79. The van der Waals surface area contributed by atoms with Gasteiger partial charge in [-0.2, -0.15) is 0 Å². The second kappa shape index (κ2) is 4.77. The predicted molar refractivity (Wildman–Crippen MR) is 64.1 cm³/mol. The van der Waals surface area contributed by atoms with E-state index in [1.165, 1.54) is 0 Å². The topological polar surface area (TPSA) is 48.0 Å². The standard InChI is InChI=1S/C13H14N2O/c14-9-11-4-6-12(7-5-11)10-15-8-2-1-3-13(15)16/h1-8H,9-10,14H2. The molecule has 0 radical (unpaired) electrons. The Labute approximate surface area is 94.1 Å². The van der Waals surface area contributed by atoms with Crippen LogP contribution in [0.1, 0.15) is 11.1 Å². The molecule has 2 N–H and O–H groups in total. The molecule has 3 nitrogen and oxygen atoms in total. The molecular formula is C13H14N2O. The van der Waals surface area contributed by atoms with Gasteiger partial charge in [0.1, 0.15) is 0 Å². The minimum atomic E-state index is 0.0189. The van der Waals surface area contributed by atoms with Gasteiger partial charge in [-0.25, -0.2) is 0 Å². The normalized spacial score (nSPS) is 10.3. The summed E-state index contributed by atoms with van der Waals surface area (Å²) in [5, 5.41) is 0. The number of hydrogen-bond acceptors (Lipinski definition) is 2. The molecule has 0 spiro atoms. The van der Waals surface area contributed by atoms with Crippen molar-refractivity contribution in [3.63, 3.8) is 0 Å². The molecular weight excluding hydrogens is 200 g/mol. The summed E-state index contributed by atoms with van der Waals surface area (Å²) in [7, 11) is 0. The third-order valence-electron chi connectivity index (χ3n) is 2.51. The van der Waals surface area contributed by atoms with Crippen LogP contribution in [-0.2, 0) is 13.1 Å². The monoisotopic (exact) mass is 214 g/mol. The fourth-order valence-corrected chi connectivity index (χ4v) is 1.57. The smallest absolute Gasteiger partial charge is 0.250 e. The van der Waals surface area contributed by atoms with Crippen molar-refractivity contribution in [1.29, 1.82) is 0 Å². The Morgan fingerprint density at radius 1 is 1.00 bits per heavy atom. The van der Waals surface area contributed by atoms with Gasteiger partial charge in [-0.1, -0.05) is 30.3 Å². The van der Waals surface area contributed by atoms with Gasteiger partial charge in [0.25, 0.3) is 5.56 Å². The van der Waals surface area contributed by atoms with Crippen LogP contribution < -0.4 is 11.3 Å². The third-order valence-corrected chi connectivity index (χ3v) is 2.51. The SMILES string of the molecule is NCc1ccc(Cn2ccccc2=O)cc1. The maximum Gasteiger partial charge on any atom is 0.250 e. The summed E-state index contributed by atoms with van der Waals surface area (Å²) in [6.07, 6.45) is 1.79. The lowest BCUT2D eigenvalue weighted by atomic mass is 10.1. The number of aromatic nitrogens is 1. The molecule has 0 bridgehead atoms. The Bertz CT molecular complexity index is 514. The zero-order valence-electron chi connectivity index (χ0n) is 8.97. The van der Waals surface area contributed by atoms with Gasteiger partial charge in [0.2, 0.25) is 0 Å². The van der Waals surface area contributed by atoms with Crippen LogP contribution in [0.15, 0.2) is 53.5 Å². The Balaban J connectivity index is 2.21. The van der Waals surface area contributed by atoms with Gasteiger partial charge in [0.05, 0.1) is 6.54 Å². The van der Waals surface area contributed by atoms with E-state index in [0.29, 0.717) is 13.1 Å².